The highest BCUT2D eigenvalue weighted by Crippen LogP contribution is 2.51. The Labute approximate surface area is 80.7 Å². The highest BCUT2D eigenvalue weighted by molar-refractivity contribution is 6.49. The Morgan fingerprint density at radius 1 is 1.77 bits per heavy atom. The zero-order chi connectivity index (χ0) is 9.64. The molecule has 70 valence electrons. The van der Waals surface area contributed by atoms with Crippen LogP contribution in [0, 0.1) is 11.8 Å². The van der Waals surface area contributed by atoms with Gasteiger partial charge in [-0.3, -0.25) is 4.79 Å². The minimum atomic E-state index is -1.42. The number of ether oxygens (including phenoxy) is 1. The third kappa shape index (κ3) is 0.854. The number of allylic oxidation sites excluding steroid dienone is 2. The van der Waals surface area contributed by atoms with Crippen LogP contribution in [0.1, 0.15) is 6.42 Å². The first kappa shape index (κ1) is 8.75. The summed E-state index contributed by atoms with van der Waals surface area (Å²) in [5, 5.41) is 0. The number of carbonyl (C=O) groups is 2. The molecule has 2 aliphatic carbocycles. The monoisotopic (exact) mass is 200 g/mol. The smallest absolute Gasteiger partial charge is 0.335 e. The average molecular weight is 201 g/mol. The van der Waals surface area contributed by atoms with Gasteiger partial charge in [0.25, 0.3) is 0 Å². The number of rotatable bonds is 1. The van der Waals surface area contributed by atoms with Gasteiger partial charge in [0.1, 0.15) is 0 Å². The molecule has 2 rings (SSSR count). The normalized spacial score (nSPS) is 41.2. The predicted molar refractivity (Wildman–Crippen MR) is 46.3 cm³/mol. The molecule has 2 aliphatic rings. The average Bonchev–Trinajstić information content (AvgIpc) is 2.60. The topological polar surface area (TPSA) is 43.4 Å². The lowest BCUT2D eigenvalue weighted by Gasteiger charge is -2.42. The molecule has 0 spiro atoms. The number of Topliss-reactive ketones (excluding diaryl/α,β-unsaturated/α-hetero) is 1. The Kier molecular flexibility index (Phi) is 1.74. The third-order valence-electron chi connectivity index (χ3n) is 2.80. The van der Waals surface area contributed by atoms with Crippen molar-refractivity contribution in [3.8, 4) is 0 Å². The second kappa shape index (κ2) is 2.58. The second-order valence-electron chi connectivity index (χ2n) is 3.36. The van der Waals surface area contributed by atoms with E-state index in [9.17, 15) is 9.59 Å². The third-order valence-corrected chi connectivity index (χ3v) is 3.40. The fourth-order valence-corrected chi connectivity index (χ4v) is 2.50. The number of fused-ring (bicyclic) bond motifs is 1. The molecule has 0 aromatic heterocycles. The number of ketones is 1. The van der Waals surface area contributed by atoms with Crippen molar-refractivity contribution in [2.75, 3.05) is 7.11 Å². The standard InChI is InChI=1S/C9H9ClO3/c1-13-8(12)9(10)6-4-2-3-5(6)7(9)11/h2,4-6H,3H2,1H3. The summed E-state index contributed by atoms with van der Waals surface area (Å²) in [7, 11) is 1.24. The zero-order valence-electron chi connectivity index (χ0n) is 7.12. The minimum absolute atomic E-state index is 0.0865. The molecular formula is C9H9ClO3. The molecule has 0 N–H and O–H groups in total. The number of hydrogen-bond donors (Lipinski definition) is 0. The van der Waals surface area contributed by atoms with Gasteiger partial charge in [-0.05, 0) is 6.42 Å². The largest absolute Gasteiger partial charge is 0.467 e. The van der Waals surface area contributed by atoms with Crippen molar-refractivity contribution in [2.24, 2.45) is 11.8 Å². The van der Waals surface area contributed by atoms with Crippen LogP contribution in [0.25, 0.3) is 0 Å². The number of esters is 1. The number of halogens is 1. The van der Waals surface area contributed by atoms with E-state index in [1.807, 2.05) is 12.2 Å². The Bertz CT molecular complexity index is 310. The Hall–Kier alpha value is -0.830. The van der Waals surface area contributed by atoms with Gasteiger partial charge in [-0.1, -0.05) is 23.8 Å². The maximum absolute atomic E-state index is 11.5. The molecule has 3 unspecified atom stereocenters. The van der Waals surface area contributed by atoms with Crippen molar-refractivity contribution >= 4 is 23.4 Å². The molecule has 0 radical (unpaired) electrons. The van der Waals surface area contributed by atoms with Crippen LogP contribution >= 0.6 is 11.6 Å². The molecule has 0 heterocycles. The van der Waals surface area contributed by atoms with Crippen LogP contribution in [0.2, 0.25) is 0 Å². The van der Waals surface area contributed by atoms with Crippen LogP contribution in [0.3, 0.4) is 0 Å². The second-order valence-corrected chi connectivity index (χ2v) is 3.96. The quantitative estimate of drug-likeness (QED) is 0.274. The van der Waals surface area contributed by atoms with Crippen molar-refractivity contribution in [3.05, 3.63) is 12.2 Å². The number of methoxy groups -OCH3 is 1. The van der Waals surface area contributed by atoms with Crippen molar-refractivity contribution in [3.63, 3.8) is 0 Å². The molecule has 3 atom stereocenters. The van der Waals surface area contributed by atoms with E-state index in [0.717, 1.165) is 0 Å². The molecule has 4 heteroatoms. The first-order valence-electron chi connectivity index (χ1n) is 4.10. The lowest BCUT2D eigenvalue weighted by molar-refractivity contribution is -0.157. The Morgan fingerprint density at radius 3 is 3.08 bits per heavy atom. The molecule has 0 aromatic rings. The number of hydrogen-bond acceptors (Lipinski definition) is 3. The lowest BCUT2D eigenvalue weighted by atomic mass is 9.64. The summed E-state index contributed by atoms with van der Waals surface area (Å²) in [5.41, 5.74) is 0. The van der Waals surface area contributed by atoms with Crippen LogP contribution < -0.4 is 0 Å². The van der Waals surface area contributed by atoms with Gasteiger partial charge < -0.3 is 4.74 Å². The number of carbonyl (C=O) groups excluding carboxylic acids is 2. The van der Waals surface area contributed by atoms with E-state index < -0.39 is 10.8 Å². The van der Waals surface area contributed by atoms with E-state index in [0.29, 0.717) is 6.42 Å². The summed E-state index contributed by atoms with van der Waals surface area (Å²) >= 11 is 5.93. The first-order valence-corrected chi connectivity index (χ1v) is 4.48. The highest BCUT2D eigenvalue weighted by Gasteiger charge is 2.66. The molecule has 3 nitrogen and oxygen atoms in total. The highest BCUT2D eigenvalue weighted by atomic mass is 35.5. The van der Waals surface area contributed by atoms with Crippen LogP contribution in [-0.2, 0) is 14.3 Å². The van der Waals surface area contributed by atoms with Gasteiger partial charge in [0.2, 0.25) is 4.87 Å². The van der Waals surface area contributed by atoms with Gasteiger partial charge in [-0.15, -0.1) is 0 Å². The van der Waals surface area contributed by atoms with Crippen molar-refractivity contribution in [1.82, 2.24) is 0 Å². The Morgan fingerprint density at radius 2 is 2.46 bits per heavy atom. The summed E-state index contributed by atoms with van der Waals surface area (Å²) in [6, 6.07) is 0. The van der Waals surface area contributed by atoms with E-state index in [1.165, 1.54) is 7.11 Å². The van der Waals surface area contributed by atoms with Gasteiger partial charge >= 0.3 is 5.97 Å². The summed E-state index contributed by atoms with van der Waals surface area (Å²) < 4.78 is 4.51. The Balaban J connectivity index is 2.29. The molecule has 1 saturated carbocycles. The van der Waals surface area contributed by atoms with E-state index in [1.54, 1.807) is 0 Å². The molecule has 0 bridgehead atoms. The van der Waals surface area contributed by atoms with Crippen LogP contribution in [0.5, 0.6) is 0 Å². The fraction of sp³-hybridized carbons (Fsp3) is 0.556. The summed E-state index contributed by atoms with van der Waals surface area (Å²) in [5.74, 6) is -1.08. The van der Waals surface area contributed by atoms with Gasteiger partial charge in [0.05, 0.1) is 7.11 Å². The zero-order valence-corrected chi connectivity index (χ0v) is 7.88. The summed E-state index contributed by atoms with van der Waals surface area (Å²) in [6.45, 7) is 0. The van der Waals surface area contributed by atoms with E-state index in [-0.39, 0.29) is 17.6 Å². The predicted octanol–water partition coefficient (Wildman–Crippen LogP) is 0.912. The van der Waals surface area contributed by atoms with Crippen LogP contribution in [-0.4, -0.2) is 23.7 Å². The maximum atomic E-state index is 11.5. The molecule has 0 aromatic carbocycles. The van der Waals surface area contributed by atoms with E-state index in [2.05, 4.69) is 4.74 Å². The van der Waals surface area contributed by atoms with Crippen LogP contribution in [0.15, 0.2) is 12.2 Å². The van der Waals surface area contributed by atoms with Crippen molar-refractivity contribution in [2.45, 2.75) is 11.3 Å². The SMILES string of the molecule is COC(=O)C1(Cl)C(=O)C2CC=CC21. The van der Waals surface area contributed by atoms with Crippen molar-refractivity contribution in [1.29, 1.82) is 0 Å². The van der Waals surface area contributed by atoms with Crippen molar-refractivity contribution < 1.29 is 14.3 Å². The molecule has 1 fully saturated rings. The molecule has 0 amide bonds. The fourth-order valence-electron chi connectivity index (χ4n) is 2.06. The van der Waals surface area contributed by atoms with Gasteiger partial charge in [-0.2, -0.15) is 0 Å². The van der Waals surface area contributed by atoms with Gasteiger partial charge in [-0.25, -0.2) is 4.79 Å². The molecule has 0 saturated heterocycles. The number of alkyl halides is 1. The molecule has 0 aliphatic heterocycles. The minimum Gasteiger partial charge on any atom is -0.467 e. The summed E-state index contributed by atoms with van der Waals surface area (Å²) in [4.78, 5) is 21.3. The molecule has 13 heavy (non-hydrogen) atoms. The summed E-state index contributed by atoms with van der Waals surface area (Å²) in [6.07, 6.45) is 4.42. The van der Waals surface area contributed by atoms with Gasteiger partial charge in [0, 0.05) is 11.8 Å². The molecular weight excluding hydrogens is 192 g/mol. The lowest BCUT2D eigenvalue weighted by Crippen LogP contribution is -2.62. The van der Waals surface area contributed by atoms with Gasteiger partial charge in [0.15, 0.2) is 5.78 Å². The van der Waals surface area contributed by atoms with Crippen LogP contribution in [0.4, 0.5) is 0 Å². The van der Waals surface area contributed by atoms with E-state index in [4.69, 9.17) is 11.6 Å². The first-order chi connectivity index (χ1) is 6.12. The van der Waals surface area contributed by atoms with E-state index >= 15 is 0 Å². The maximum Gasteiger partial charge on any atom is 0.335 e.